The summed E-state index contributed by atoms with van der Waals surface area (Å²) in [4.78, 5) is 25.2. The number of hydrogen-bond acceptors (Lipinski definition) is 3. The summed E-state index contributed by atoms with van der Waals surface area (Å²) in [5.41, 5.74) is 7.35. The van der Waals surface area contributed by atoms with Crippen molar-refractivity contribution in [1.29, 1.82) is 0 Å². The molecule has 34 heavy (non-hydrogen) atoms. The molecule has 0 saturated carbocycles. The fourth-order valence-corrected chi connectivity index (χ4v) is 4.59. The van der Waals surface area contributed by atoms with Crippen molar-refractivity contribution in [3.8, 4) is 22.5 Å². The Kier molecular flexibility index (Phi) is 6.38. The smallest absolute Gasteiger partial charge is 0.255 e. The number of ketones is 1. The highest BCUT2D eigenvalue weighted by molar-refractivity contribution is 6.12. The van der Waals surface area contributed by atoms with Crippen LogP contribution >= 0.6 is 0 Å². The molecule has 0 aliphatic carbocycles. The number of halogens is 1. The molecular weight excluding hydrogens is 429 g/mol. The summed E-state index contributed by atoms with van der Waals surface area (Å²) in [7, 11) is 1.57. The van der Waals surface area contributed by atoms with E-state index in [9.17, 15) is 14.0 Å². The molecule has 0 fully saturated rings. The van der Waals surface area contributed by atoms with E-state index in [1.165, 1.54) is 12.1 Å². The van der Waals surface area contributed by atoms with E-state index in [1.807, 2.05) is 38.1 Å². The van der Waals surface area contributed by atoms with E-state index in [0.717, 1.165) is 40.7 Å². The van der Waals surface area contributed by atoms with Crippen molar-refractivity contribution >= 4 is 22.7 Å². The van der Waals surface area contributed by atoms with Crippen LogP contribution in [-0.2, 0) is 6.42 Å². The summed E-state index contributed by atoms with van der Waals surface area (Å²) in [5, 5.41) is 3.38. The van der Waals surface area contributed by atoms with Crippen LogP contribution in [0.5, 0.6) is 0 Å². The minimum Gasteiger partial charge on any atom is -0.455 e. The topological polar surface area (TPSA) is 59.3 Å². The Morgan fingerprint density at radius 2 is 1.68 bits per heavy atom. The average Bonchev–Trinajstić information content (AvgIpc) is 3.17. The van der Waals surface area contributed by atoms with Gasteiger partial charge in [0.15, 0.2) is 5.78 Å². The van der Waals surface area contributed by atoms with Gasteiger partial charge in [0.25, 0.3) is 5.91 Å². The molecule has 0 aliphatic rings. The highest BCUT2D eigenvalue weighted by Gasteiger charge is 2.24. The lowest BCUT2D eigenvalue weighted by Gasteiger charge is -2.15. The minimum absolute atomic E-state index is 0.0184. The van der Waals surface area contributed by atoms with Crippen LogP contribution in [0.2, 0.25) is 0 Å². The van der Waals surface area contributed by atoms with Gasteiger partial charge in [-0.2, -0.15) is 0 Å². The van der Waals surface area contributed by atoms with Gasteiger partial charge in [-0.15, -0.1) is 0 Å². The molecule has 1 amide bonds. The van der Waals surface area contributed by atoms with Crippen LogP contribution < -0.4 is 5.32 Å². The number of fused-ring (bicyclic) bond motifs is 1. The molecule has 0 bridgehead atoms. The fraction of sp³-hybridized carbons (Fsp3) is 0.241. The van der Waals surface area contributed by atoms with Gasteiger partial charge in [0.2, 0.25) is 0 Å². The molecule has 0 atom stereocenters. The number of carbonyl (C=O) groups is 2. The van der Waals surface area contributed by atoms with Crippen LogP contribution in [0.15, 0.2) is 52.9 Å². The van der Waals surface area contributed by atoms with Crippen LogP contribution in [0.25, 0.3) is 33.4 Å². The maximum atomic E-state index is 13.5. The van der Waals surface area contributed by atoms with Crippen molar-refractivity contribution in [2.45, 2.75) is 40.5 Å². The van der Waals surface area contributed by atoms with E-state index >= 15 is 0 Å². The van der Waals surface area contributed by atoms with Crippen molar-refractivity contribution in [1.82, 2.24) is 5.32 Å². The van der Waals surface area contributed by atoms with Crippen molar-refractivity contribution in [2.24, 2.45) is 0 Å². The molecule has 1 aromatic heterocycles. The van der Waals surface area contributed by atoms with Gasteiger partial charge in [-0.05, 0) is 97.5 Å². The van der Waals surface area contributed by atoms with E-state index in [-0.39, 0.29) is 17.5 Å². The predicted molar refractivity (Wildman–Crippen MR) is 134 cm³/mol. The van der Waals surface area contributed by atoms with Crippen LogP contribution in [0.1, 0.15) is 57.7 Å². The van der Waals surface area contributed by atoms with Gasteiger partial charge < -0.3 is 9.73 Å². The number of furan rings is 1. The number of Topliss-reactive ketones (excluding diaryl/α,β-unsaturated/α-hetero) is 1. The number of benzene rings is 3. The fourth-order valence-electron chi connectivity index (χ4n) is 4.59. The third kappa shape index (κ3) is 4.14. The number of carbonyl (C=O) groups excluding carboxylic acids is 2. The zero-order valence-electron chi connectivity index (χ0n) is 20.1. The summed E-state index contributed by atoms with van der Waals surface area (Å²) in [5.74, 6) is -0.217. The third-order valence-corrected chi connectivity index (χ3v) is 6.23. The first kappa shape index (κ1) is 23.4. The number of amides is 1. The Morgan fingerprint density at radius 1 is 0.971 bits per heavy atom. The second-order valence-corrected chi connectivity index (χ2v) is 8.69. The largest absolute Gasteiger partial charge is 0.455 e. The first-order valence-electron chi connectivity index (χ1n) is 11.4. The van der Waals surface area contributed by atoms with Crippen LogP contribution in [0.3, 0.4) is 0 Å². The molecule has 4 rings (SSSR count). The maximum absolute atomic E-state index is 13.5. The summed E-state index contributed by atoms with van der Waals surface area (Å²) < 4.78 is 19.7. The Hall–Kier alpha value is -3.73. The van der Waals surface area contributed by atoms with E-state index < -0.39 is 0 Å². The Morgan fingerprint density at radius 3 is 2.29 bits per heavy atom. The summed E-state index contributed by atoms with van der Waals surface area (Å²) >= 11 is 0. The second kappa shape index (κ2) is 9.26. The highest BCUT2D eigenvalue weighted by Crippen LogP contribution is 2.39. The van der Waals surface area contributed by atoms with E-state index in [0.29, 0.717) is 33.4 Å². The summed E-state index contributed by atoms with van der Waals surface area (Å²) in [6, 6.07) is 13.9. The van der Waals surface area contributed by atoms with Gasteiger partial charge in [-0.25, -0.2) is 4.39 Å². The lowest BCUT2D eigenvalue weighted by Crippen LogP contribution is -2.18. The molecule has 0 spiro atoms. The molecule has 0 unspecified atom stereocenters. The molecule has 4 nitrogen and oxygen atoms in total. The number of aryl methyl sites for hydroxylation is 3. The lowest BCUT2D eigenvalue weighted by atomic mass is 9.88. The van der Waals surface area contributed by atoms with Gasteiger partial charge in [0, 0.05) is 23.6 Å². The molecule has 0 saturated heterocycles. The number of rotatable bonds is 6. The summed E-state index contributed by atoms with van der Waals surface area (Å²) in [6.07, 6.45) is 1.74. The van der Waals surface area contributed by atoms with Gasteiger partial charge in [0.1, 0.15) is 17.2 Å². The second-order valence-electron chi connectivity index (χ2n) is 8.69. The molecule has 0 radical (unpaired) electrons. The van der Waals surface area contributed by atoms with E-state index in [4.69, 9.17) is 4.42 Å². The van der Waals surface area contributed by atoms with E-state index in [2.05, 4.69) is 12.2 Å². The van der Waals surface area contributed by atoms with Gasteiger partial charge >= 0.3 is 0 Å². The van der Waals surface area contributed by atoms with Crippen LogP contribution in [-0.4, -0.2) is 18.7 Å². The molecule has 0 aliphatic heterocycles. The van der Waals surface area contributed by atoms with Crippen LogP contribution in [0, 0.1) is 19.7 Å². The normalized spacial score (nSPS) is 11.1. The SMILES string of the molecule is CCCc1cc2oc(-c3ccc(F)cc3)c(C(=O)NC)c2cc1-c1cc(C(C)=O)c(C)cc1C. The van der Waals surface area contributed by atoms with Crippen LogP contribution in [0.4, 0.5) is 4.39 Å². The molecular formula is C29H28FNO3. The lowest BCUT2D eigenvalue weighted by molar-refractivity contribution is 0.0963. The maximum Gasteiger partial charge on any atom is 0.255 e. The zero-order chi connectivity index (χ0) is 24.6. The zero-order valence-corrected chi connectivity index (χ0v) is 20.1. The Bertz CT molecular complexity index is 1410. The average molecular weight is 458 g/mol. The molecule has 1 heterocycles. The number of nitrogens with one attached hydrogen (secondary N) is 1. The van der Waals surface area contributed by atoms with Gasteiger partial charge in [-0.3, -0.25) is 9.59 Å². The molecule has 1 N–H and O–H groups in total. The standard InChI is InChI=1S/C29H28FNO3/c1-6-7-20-13-26-25(15-24(20)23-14-22(18(4)32)16(2)12-17(23)3)27(29(33)31-5)28(34-26)19-8-10-21(30)11-9-19/h8-15H,6-7H2,1-5H3,(H,31,33). The monoisotopic (exact) mass is 457 g/mol. The summed E-state index contributed by atoms with van der Waals surface area (Å²) in [6.45, 7) is 7.66. The van der Waals surface area contributed by atoms with E-state index in [1.54, 1.807) is 26.1 Å². The van der Waals surface area contributed by atoms with Crippen molar-refractivity contribution in [3.63, 3.8) is 0 Å². The first-order chi connectivity index (χ1) is 16.2. The van der Waals surface area contributed by atoms with Gasteiger partial charge in [0.05, 0.1) is 5.56 Å². The Balaban J connectivity index is 2.05. The minimum atomic E-state index is -0.356. The quantitative estimate of drug-likeness (QED) is 0.316. The van der Waals surface area contributed by atoms with Gasteiger partial charge in [-0.1, -0.05) is 19.4 Å². The molecule has 5 heteroatoms. The van der Waals surface area contributed by atoms with Crippen molar-refractivity contribution < 1.29 is 18.4 Å². The first-order valence-corrected chi connectivity index (χ1v) is 11.4. The van der Waals surface area contributed by atoms with Crippen molar-refractivity contribution in [3.05, 3.63) is 82.2 Å². The van der Waals surface area contributed by atoms with Crippen molar-refractivity contribution in [2.75, 3.05) is 7.05 Å². The molecule has 4 aromatic rings. The number of hydrogen-bond donors (Lipinski definition) is 1. The Labute approximate surface area is 198 Å². The third-order valence-electron chi connectivity index (χ3n) is 6.23. The molecule has 174 valence electrons. The predicted octanol–water partition coefficient (Wildman–Crippen LogP) is 7.04. The highest BCUT2D eigenvalue weighted by atomic mass is 19.1. The molecule has 3 aromatic carbocycles.